The Bertz CT molecular complexity index is 1020. The minimum atomic E-state index is -1.76. The molecule has 9 heteroatoms. The summed E-state index contributed by atoms with van der Waals surface area (Å²) < 4.78 is 11.2. The van der Waals surface area contributed by atoms with Crippen LogP contribution in [0.2, 0.25) is 0 Å². The lowest BCUT2D eigenvalue weighted by Gasteiger charge is -2.40. The summed E-state index contributed by atoms with van der Waals surface area (Å²) in [5.74, 6) is -0.643. The number of hydrogen-bond acceptors (Lipinski definition) is 7. The van der Waals surface area contributed by atoms with Gasteiger partial charge in [0.05, 0.1) is 14.1 Å². The molecule has 4 rings (SSSR count). The van der Waals surface area contributed by atoms with Crippen molar-refractivity contribution in [3.05, 3.63) is 71.3 Å². The van der Waals surface area contributed by atoms with Crippen molar-refractivity contribution in [2.24, 2.45) is 0 Å². The number of quaternary nitrogens is 1. The van der Waals surface area contributed by atoms with Gasteiger partial charge in [0.15, 0.2) is 6.10 Å². The van der Waals surface area contributed by atoms with Crippen molar-refractivity contribution in [3.8, 4) is 5.75 Å². The molecule has 0 amide bonds. The van der Waals surface area contributed by atoms with E-state index in [4.69, 9.17) is 14.3 Å². The molecule has 0 bridgehead atoms. The first-order chi connectivity index (χ1) is 16.2. The Morgan fingerprint density at radius 3 is 2.44 bits per heavy atom. The average molecular weight is 473 g/mol. The van der Waals surface area contributed by atoms with Crippen LogP contribution in [-0.4, -0.2) is 82.4 Å². The van der Waals surface area contributed by atoms with Gasteiger partial charge in [-0.2, -0.15) is 9.48 Å². The number of aliphatic hydroxyl groups is 3. The van der Waals surface area contributed by atoms with E-state index in [1.807, 2.05) is 42.5 Å². The number of carboxylic acid groups (broad SMARTS) is 1. The largest absolute Gasteiger partial charge is 0.488 e. The summed E-state index contributed by atoms with van der Waals surface area (Å²) in [4.78, 5) is 17.2. The fourth-order valence-corrected chi connectivity index (χ4v) is 4.24. The van der Waals surface area contributed by atoms with Gasteiger partial charge in [-0.1, -0.05) is 48.5 Å². The van der Waals surface area contributed by atoms with Gasteiger partial charge in [0.25, 0.3) is 0 Å². The number of carbonyl (C=O) groups is 1. The Morgan fingerprint density at radius 2 is 1.71 bits per heavy atom. The molecular weight excluding hydrogens is 442 g/mol. The van der Waals surface area contributed by atoms with E-state index < -0.39 is 36.7 Å². The number of rotatable bonds is 6. The zero-order chi connectivity index (χ0) is 24.5. The van der Waals surface area contributed by atoms with Crippen LogP contribution in [0.1, 0.15) is 23.1 Å². The number of benzene rings is 2. The van der Waals surface area contributed by atoms with Gasteiger partial charge in [0.2, 0.25) is 6.29 Å². The number of hydroxylamine groups is 3. The van der Waals surface area contributed by atoms with Gasteiger partial charge in [0, 0.05) is 12.0 Å². The van der Waals surface area contributed by atoms with Crippen molar-refractivity contribution in [1.29, 1.82) is 0 Å². The maximum absolute atomic E-state index is 11.3. The van der Waals surface area contributed by atoms with Gasteiger partial charge in [-0.05, 0) is 22.8 Å². The van der Waals surface area contributed by atoms with Crippen LogP contribution in [0.15, 0.2) is 54.6 Å². The van der Waals surface area contributed by atoms with Gasteiger partial charge < -0.3 is 29.9 Å². The highest BCUT2D eigenvalue weighted by Crippen LogP contribution is 2.36. The molecule has 2 aromatic rings. The number of aliphatic hydroxyl groups excluding tert-OH is 3. The van der Waals surface area contributed by atoms with E-state index in [1.54, 1.807) is 14.1 Å². The summed E-state index contributed by atoms with van der Waals surface area (Å²) in [6.45, 7) is 0.933. The third-order valence-corrected chi connectivity index (χ3v) is 6.09. The van der Waals surface area contributed by atoms with Crippen LogP contribution in [0.5, 0.6) is 5.75 Å². The first-order valence-electron chi connectivity index (χ1n) is 11.1. The molecule has 0 aromatic heterocycles. The summed E-state index contributed by atoms with van der Waals surface area (Å²) in [6, 6.07) is 15.9. The molecule has 9 nitrogen and oxygen atoms in total. The van der Waals surface area contributed by atoms with Crippen LogP contribution in [0.3, 0.4) is 0 Å². The third-order valence-electron chi connectivity index (χ3n) is 6.09. The molecule has 5 atom stereocenters. The predicted molar refractivity (Wildman–Crippen MR) is 121 cm³/mol. The molecule has 2 heterocycles. The fraction of sp³-hybridized carbons (Fsp3) is 0.400. The summed E-state index contributed by atoms with van der Waals surface area (Å²) in [5, 5.41) is 39.4. The predicted octanol–water partition coefficient (Wildman–Crippen LogP) is 1.30. The number of ether oxygens (including phenoxy) is 2. The monoisotopic (exact) mass is 472 g/mol. The highest BCUT2D eigenvalue weighted by atomic mass is 16.8. The molecule has 1 fully saturated rings. The maximum atomic E-state index is 11.3. The average Bonchev–Trinajstić information content (AvgIpc) is 2.96. The second kappa shape index (κ2) is 9.83. The second-order valence-corrected chi connectivity index (χ2v) is 8.99. The highest BCUT2D eigenvalue weighted by Gasteiger charge is 2.49. The van der Waals surface area contributed by atoms with Gasteiger partial charge in [-0.15, -0.1) is 0 Å². The molecule has 182 valence electrons. The molecule has 1 saturated heterocycles. The van der Waals surface area contributed by atoms with E-state index in [2.05, 4.69) is 12.1 Å². The third kappa shape index (κ3) is 5.00. The number of nitrogens with zero attached hydrogens (tertiary/aromatic N) is 1. The lowest BCUT2D eigenvalue weighted by Crippen LogP contribution is -2.62. The first kappa shape index (κ1) is 24.3. The van der Waals surface area contributed by atoms with Gasteiger partial charge in [-0.3, -0.25) is 0 Å². The van der Waals surface area contributed by atoms with Gasteiger partial charge in [0.1, 0.15) is 37.2 Å². The number of para-hydroxylation sites is 1. The Morgan fingerprint density at radius 1 is 1.03 bits per heavy atom. The molecule has 0 radical (unpaired) electrons. The molecule has 4 N–H and O–H groups in total. The molecule has 0 saturated carbocycles. The van der Waals surface area contributed by atoms with E-state index in [0.29, 0.717) is 19.6 Å². The number of fused-ring (bicyclic) bond motifs is 2. The van der Waals surface area contributed by atoms with Crippen LogP contribution < -0.4 is 4.74 Å². The highest BCUT2D eigenvalue weighted by molar-refractivity contribution is 5.84. The smallest absolute Gasteiger partial charge is 0.335 e. The minimum absolute atomic E-state index is 0.0829. The number of hydrogen-bond donors (Lipinski definition) is 4. The molecule has 0 aliphatic carbocycles. The normalized spacial score (nSPS) is 27.9. The summed E-state index contributed by atoms with van der Waals surface area (Å²) in [6.07, 6.45) is -5.50. The number of aliphatic carboxylic acids is 1. The summed E-state index contributed by atoms with van der Waals surface area (Å²) >= 11 is 0. The van der Waals surface area contributed by atoms with Crippen LogP contribution in [0.4, 0.5) is 0 Å². The van der Waals surface area contributed by atoms with Crippen molar-refractivity contribution in [2.75, 3.05) is 20.6 Å². The summed E-state index contributed by atoms with van der Waals surface area (Å²) in [5.41, 5.74) is 4.21. The van der Waals surface area contributed by atoms with Crippen molar-refractivity contribution in [2.45, 2.75) is 43.7 Å². The van der Waals surface area contributed by atoms with Crippen molar-refractivity contribution < 1.29 is 44.2 Å². The second-order valence-electron chi connectivity index (χ2n) is 8.99. The van der Waals surface area contributed by atoms with Crippen molar-refractivity contribution >= 4 is 11.5 Å². The molecule has 2 aliphatic rings. The molecule has 34 heavy (non-hydrogen) atoms. The first-order valence-corrected chi connectivity index (χ1v) is 11.1. The maximum Gasteiger partial charge on any atom is 0.335 e. The lowest BCUT2D eigenvalue weighted by molar-refractivity contribution is -1.09. The Hall–Kier alpha value is -2.79. The van der Waals surface area contributed by atoms with Crippen molar-refractivity contribution in [3.63, 3.8) is 0 Å². The molecule has 2 aliphatic heterocycles. The van der Waals surface area contributed by atoms with Crippen LogP contribution in [0, 0.1) is 0 Å². The van der Waals surface area contributed by atoms with Gasteiger partial charge >= 0.3 is 5.97 Å². The molecule has 0 spiro atoms. The number of carboxylic acids is 1. The fourth-order valence-electron chi connectivity index (χ4n) is 4.24. The topological polar surface area (TPSA) is 126 Å². The van der Waals surface area contributed by atoms with Crippen LogP contribution in [0.25, 0.3) is 5.57 Å². The van der Waals surface area contributed by atoms with E-state index in [9.17, 15) is 25.2 Å². The summed E-state index contributed by atoms with van der Waals surface area (Å²) in [7, 11) is 3.47. The van der Waals surface area contributed by atoms with Crippen LogP contribution >= 0.6 is 0 Å². The Labute approximate surface area is 197 Å². The molecule has 2 aromatic carbocycles. The van der Waals surface area contributed by atoms with E-state index in [0.717, 1.165) is 28.0 Å². The van der Waals surface area contributed by atoms with E-state index in [-0.39, 0.29) is 4.65 Å². The van der Waals surface area contributed by atoms with Gasteiger partial charge in [-0.25, -0.2) is 4.79 Å². The zero-order valence-electron chi connectivity index (χ0n) is 19.1. The lowest BCUT2D eigenvalue weighted by atomic mass is 9.93. The van der Waals surface area contributed by atoms with E-state index in [1.165, 1.54) is 0 Å². The standard InChI is InChI=1S/C25H29NO8/c1-26(2,34-25-22(29)20(27)21(28)23(33-25)24(30)31)13-7-11-17-16-9-4-3-8-15(16)14-32-19-12-6-5-10-18(17)19/h3-6,8-12,20-23,25,27-29H,7,13-14H2,1-2H3/p+1/t20-,21-,22+,23-,25?/m0/s1. The zero-order valence-corrected chi connectivity index (χ0v) is 19.1. The SMILES string of the molecule is C[N+](C)(CCC=C1c2ccccc2COc2ccccc21)OC1O[C@H](C(=O)O)[C@@H](O)[C@H](O)[C@H]1O. The minimum Gasteiger partial charge on any atom is -0.488 e. The Kier molecular flexibility index (Phi) is 7.04. The van der Waals surface area contributed by atoms with E-state index >= 15 is 0 Å². The molecule has 1 unspecified atom stereocenters. The Balaban J connectivity index is 1.51. The quantitative estimate of drug-likeness (QED) is 0.366. The molecular formula is C25H30NO8+. The van der Waals surface area contributed by atoms with Crippen LogP contribution in [-0.2, 0) is 21.0 Å². The van der Waals surface area contributed by atoms with Crippen molar-refractivity contribution in [1.82, 2.24) is 0 Å².